The summed E-state index contributed by atoms with van der Waals surface area (Å²) in [4.78, 5) is 16.3. The van der Waals surface area contributed by atoms with Crippen molar-refractivity contribution in [3.63, 3.8) is 0 Å². The van der Waals surface area contributed by atoms with Gasteiger partial charge in [-0.1, -0.05) is 31.2 Å². The number of nitrogens with zero attached hydrogens (tertiary/aromatic N) is 2. The van der Waals surface area contributed by atoms with Gasteiger partial charge in [0.2, 0.25) is 5.91 Å². The van der Waals surface area contributed by atoms with E-state index in [9.17, 15) is 4.79 Å². The summed E-state index contributed by atoms with van der Waals surface area (Å²) < 4.78 is 0. The van der Waals surface area contributed by atoms with Crippen molar-refractivity contribution in [3.8, 4) is 0 Å². The normalized spacial score (nSPS) is 16.9. The third-order valence-electron chi connectivity index (χ3n) is 4.09. The molecule has 5 heteroatoms. The second-order valence-corrected chi connectivity index (χ2v) is 5.46. The van der Waals surface area contributed by atoms with Crippen molar-refractivity contribution in [2.75, 3.05) is 39.3 Å². The third-order valence-corrected chi connectivity index (χ3v) is 4.09. The average Bonchev–Trinajstić information content (AvgIpc) is 2.54. The molecule has 0 radical (unpaired) electrons. The van der Waals surface area contributed by atoms with Crippen LogP contribution in [0.4, 0.5) is 0 Å². The first-order valence-corrected chi connectivity index (χ1v) is 7.71. The number of amides is 1. The minimum Gasteiger partial charge on any atom is -0.351 e. The molecule has 1 aromatic rings. The minimum atomic E-state index is -0.110. The van der Waals surface area contributed by atoms with Gasteiger partial charge < -0.3 is 16.0 Å². The first-order chi connectivity index (χ1) is 10.2. The lowest BCUT2D eigenvalue weighted by molar-refractivity contribution is -0.119. The fourth-order valence-electron chi connectivity index (χ4n) is 2.65. The Bertz CT molecular complexity index is 455. The number of nitrogens with one attached hydrogen (secondary N) is 1. The molecule has 0 unspecified atom stereocenters. The van der Waals surface area contributed by atoms with Crippen LogP contribution in [0.25, 0.3) is 0 Å². The summed E-state index contributed by atoms with van der Waals surface area (Å²) in [5.41, 5.74) is 7.79. The number of carbonyl (C=O) groups is 1. The first kappa shape index (κ1) is 15.9. The van der Waals surface area contributed by atoms with Gasteiger partial charge in [-0.2, -0.15) is 0 Å². The van der Waals surface area contributed by atoms with Crippen LogP contribution < -0.4 is 11.1 Å². The topological polar surface area (TPSA) is 61.6 Å². The van der Waals surface area contributed by atoms with Gasteiger partial charge in [-0.3, -0.25) is 9.69 Å². The van der Waals surface area contributed by atoms with Gasteiger partial charge in [0.15, 0.2) is 0 Å². The highest BCUT2D eigenvalue weighted by atomic mass is 16.1. The summed E-state index contributed by atoms with van der Waals surface area (Å²) in [6, 6.07) is 8.30. The average molecular weight is 290 g/mol. The molecule has 0 bridgehead atoms. The molecular formula is C16H26N4O. The van der Waals surface area contributed by atoms with Crippen LogP contribution in [0.2, 0.25) is 0 Å². The SMILES string of the molecule is CCN1CCN(Cc2ccccc2CNC(=O)CN)CC1. The fraction of sp³-hybridized carbons (Fsp3) is 0.562. The van der Waals surface area contributed by atoms with Gasteiger partial charge in [-0.05, 0) is 17.7 Å². The van der Waals surface area contributed by atoms with Gasteiger partial charge in [0, 0.05) is 39.3 Å². The van der Waals surface area contributed by atoms with Crippen molar-refractivity contribution in [1.29, 1.82) is 0 Å². The zero-order valence-corrected chi connectivity index (χ0v) is 12.8. The lowest BCUT2D eigenvalue weighted by atomic mass is 10.1. The van der Waals surface area contributed by atoms with E-state index in [0.717, 1.165) is 39.3 Å². The molecule has 0 atom stereocenters. The smallest absolute Gasteiger partial charge is 0.234 e. The highest BCUT2D eigenvalue weighted by Crippen LogP contribution is 2.13. The van der Waals surface area contributed by atoms with E-state index in [2.05, 4.69) is 40.2 Å². The molecule has 0 saturated carbocycles. The predicted octanol–water partition coefficient (Wildman–Crippen LogP) is 0.399. The number of benzene rings is 1. The Kier molecular flexibility index (Phi) is 6.17. The van der Waals surface area contributed by atoms with E-state index in [1.54, 1.807) is 0 Å². The Hall–Kier alpha value is -1.43. The number of hydrogen-bond acceptors (Lipinski definition) is 4. The Morgan fingerprint density at radius 1 is 1.14 bits per heavy atom. The Morgan fingerprint density at radius 3 is 2.38 bits per heavy atom. The molecule has 3 N–H and O–H groups in total. The molecule has 1 heterocycles. The molecule has 5 nitrogen and oxygen atoms in total. The molecule has 1 aromatic carbocycles. The summed E-state index contributed by atoms with van der Waals surface area (Å²) in [7, 11) is 0. The molecular weight excluding hydrogens is 264 g/mol. The van der Waals surface area contributed by atoms with E-state index in [4.69, 9.17) is 5.73 Å². The summed E-state index contributed by atoms with van der Waals surface area (Å²) in [5.74, 6) is -0.110. The lowest BCUT2D eigenvalue weighted by Crippen LogP contribution is -2.45. The van der Waals surface area contributed by atoms with Crippen LogP contribution in [0.5, 0.6) is 0 Å². The second-order valence-electron chi connectivity index (χ2n) is 5.46. The van der Waals surface area contributed by atoms with Crippen molar-refractivity contribution in [3.05, 3.63) is 35.4 Å². The van der Waals surface area contributed by atoms with Gasteiger partial charge >= 0.3 is 0 Å². The zero-order valence-electron chi connectivity index (χ0n) is 12.8. The summed E-state index contributed by atoms with van der Waals surface area (Å²) in [6.07, 6.45) is 0. The van der Waals surface area contributed by atoms with Crippen LogP contribution in [0, 0.1) is 0 Å². The van der Waals surface area contributed by atoms with E-state index in [-0.39, 0.29) is 12.5 Å². The standard InChI is InChI=1S/C16H26N4O/c1-2-19-7-9-20(10-8-19)13-15-6-4-3-5-14(15)12-18-16(21)11-17/h3-6H,2,7-13,17H2,1H3,(H,18,21). The Morgan fingerprint density at radius 2 is 1.76 bits per heavy atom. The first-order valence-electron chi connectivity index (χ1n) is 7.71. The van der Waals surface area contributed by atoms with Crippen molar-refractivity contribution in [2.24, 2.45) is 5.73 Å². The van der Waals surface area contributed by atoms with Gasteiger partial charge in [-0.25, -0.2) is 0 Å². The maximum absolute atomic E-state index is 11.3. The van der Waals surface area contributed by atoms with E-state index >= 15 is 0 Å². The van der Waals surface area contributed by atoms with Crippen molar-refractivity contribution in [2.45, 2.75) is 20.0 Å². The maximum Gasteiger partial charge on any atom is 0.234 e. The summed E-state index contributed by atoms with van der Waals surface area (Å²) >= 11 is 0. The molecule has 1 aliphatic rings. The Labute approximate surface area is 127 Å². The largest absolute Gasteiger partial charge is 0.351 e. The number of carbonyl (C=O) groups excluding carboxylic acids is 1. The van der Waals surface area contributed by atoms with E-state index in [1.165, 1.54) is 11.1 Å². The quantitative estimate of drug-likeness (QED) is 0.796. The molecule has 1 saturated heterocycles. The van der Waals surface area contributed by atoms with Crippen LogP contribution in [0.15, 0.2) is 24.3 Å². The van der Waals surface area contributed by atoms with Gasteiger partial charge in [0.1, 0.15) is 0 Å². The van der Waals surface area contributed by atoms with Crippen LogP contribution in [-0.2, 0) is 17.9 Å². The molecule has 0 spiro atoms. The highest BCUT2D eigenvalue weighted by Gasteiger charge is 2.16. The number of piperazine rings is 1. The van der Waals surface area contributed by atoms with Gasteiger partial charge in [-0.15, -0.1) is 0 Å². The number of likely N-dealkylation sites (N-methyl/N-ethyl adjacent to an activating group) is 1. The minimum absolute atomic E-state index is 0.0428. The molecule has 1 amide bonds. The maximum atomic E-state index is 11.3. The molecule has 116 valence electrons. The lowest BCUT2D eigenvalue weighted by Gasteiger charge is -2.34. The van der Waals surface area contributed by atoms with Crippen LogP contribution in [0.1, 0.15) is 18.1 Å². The van der Waals surface area contributed by atoms with Gasteiger partial charge in [0.25, 0.3) is 0 Å². The number of rotatable bonds is 6. The molecule has 21 heavy (non-hydrogen) atoms. The van der Waals surface area contributed by atoms with Crippen LogP contribution >= 0.6 is 0 Å². The third kappa shape index (κ3) is 4.81. The van der Waals surface area contributed by atoms with E-state index < -0.39 is 0 Å². The van der Waals surface area contributed by atoms with E-state index in [1.807, 2.05) is 6.07 Å². The molecule has 2 rings (SSSR count). The van der Waals surface area contributed by atoms with E-state index in [0.29, 0.717) is 6.54 Å². The monoisotopic (exact) mass is 290 g/mol. The highest BCUT2D eigenvalue weighted by molar-refractivity contribution is 5.77. The number of nitrogens with two attached hydrogens (primary N) is 1. The second kappa shape index (κ2) is 8.12. The predicted molar refractivity (Wildman–Crippen MR) is 84.7 cm³/mol. The molecule has 0 aromatic heterocycles. The summed E-state index contributed by atoms with van der Waals surface area (Å²) in [6.45, 7) is 9.40. The van der Waals surface area contributed by atoms with Gasteiger partial charge in [0.05, 0.1) is 6.54 Å². The molecule has 0 aliphatic carbocycles. The number of hydrogen-bond donors (Lipinski definition) is 2. The fourth-order valence-corrected chi connectivity index (χ4v) is 2.65. The van der Waals surface area contributed by atoms with Crippen LogP contribution in [0.3, 0.4) is 0 Å². The summed E-state index contributed by atoms with van der Waals surface area (Å²) in [5, 5.41) is 2.85. The Balaban J connectivity index is 1.92. The van der Waals surface area contributed by atoms with Crippen molar-refractivity contribution < 1.29 is 4.79 Å². The van der Waals surface area contributed by atoms with Crippen molar-refractivity contribution in [1.82, 2.24) is 15.1 Å². The van der Waals surface area contributed by atoms with Crippen molar-refractivity contribution >= 4 is 5.91 Å². The van der Waals surface area contributed by atoms with Crippen LogP contribution in [-0.4, -0.2) is 55.0 Å². The molecule has 1 fully saturated rings. The zero-order chi connectivity index (χ0) is 15.1. The molecule has 1 aliphatic heterocycles.